The van der Waals surface area contributed by atoms with E-state index in [2.05, 4.69) is 5.32 Å². The van der Waals surface area contributed by atoms with Crippen molar-refractivity contribution < 1.29 is 24.2 Å². The lowest BCUT2D eigenvalue weighted by Crippen LogP contribution is -2.63. The van der Waals surface area contributed by atoms with Gasteiger partial charge in [0.1, 0.15) is 6.17 Å². The minimum atomic E-state index is -1.12. The average Bonchev–Trinajstić information content (AvgIpc) is 3.25. The summed E-state index contributed by atoms with van der Waals surface area (Å²) in [5, 5.41) is 11.9. The first-order valence-corrected chi connectivity index (χ1v) is 8.53. The molecule has 3 aliphatic rings. The predicted molar refractivity (Wildman–Crippen MR) is 87.6 cm³/mol. The largest absolute Gasteiger partial charge is 0.480 e. The van der Waals surface area contributed by atoms with E-state index in [0.29, 0.717) is 12.8 Å². The van der Waals surface area contributed by atoms with Crippen LogP contribution in [0.5, 0.6) is 11.5 Å². The Kier molecular flexibility index (Phi) is 4.16. The number of carboxylic acids is 1. The molecule has 2 fully saturated rings. The van der Waals surface area contributed by atoms with Gasteiger partial charge in [-0.25, -0.2) is 0 Å². The molecule has 24 heavy (non-hydrogen) atoms. The van der Waals surface area contributed by atoms with Gasteiger partial charge in [-0.3, -0.25) is 14.4 Å². The van der Waals surface area contributed by atoms with E-state index in [1.807, 2.05) is 24.3 Å². The van der Waals surface area contributed by atoms with Crippen LogP contribution in [0.4, 0.5) is 0 Å². The van der Waals surface area contributed by atoms with Gasteiger partial charge in [0.25, 0.3) is 0 Å². The van der Waals surface area contributed by atoms with Crippen LogP contribution in [0.25, 0.3) is 0 Å². The lowest BCUT2D eigenvalue weighted by atomic mass is 9.98. The molecule has 0 bridgehead atoms. The molecule has 2 amide bonds. The number of hydrogen-bond acceptors (Lipinski definition) is 5. The van der Waals surface area contributed by atoms with E-state index < -0.39 is 16.9 Å². The summed E-state index contributed by atoms with van der Waals surface area (Å²) in [4.78, 5) is 35.6. The van der Waals surface area contributed by atoms with Crippen molar-refractivity contribution in [1.29, 1.82) is 0 Å². The summed E-state index contributed by atoms with van der Waals surface area (Å²) in [6, 6.07) is 7.84. The first kappa shape index (κ1) is 16.6. The van der Waals surface area contributed by atoms with Crippen molar-refractivity contribution in [1.82, 2.24) is 10.2 Å². The fourth-order valence-corrected chi connectivity index (χ4v) is 4.56. The Morgan fingerprint density at radius 3 is 2.46 bits per heavy atom. The van der Waals surface area contributed by atoms with Crippen molar-refractivity contribution in [2.45, 2.75) is 43.0 Å². The molecule has 1 aromatic carbocycles. The Morgan fingerprint density at radius 2 is 2.04 bits per heavy atom. The Bertz CT molecular complexity index is 688. The topological polar surface area (TPSA) is 99.2 Å². The minimum Gasteiger partial charge on any atom is -0.480 e. The summed E-state index contributed by atoms with van der Waals surface area (Å²) in [7, 11) is 0. The molecule has 3 heterocycles. The molecular formula is C16H18N2O5S. The van der Waals surface area contributed by atoms with E-state index >= 15 is 0 Å². The quantitative estimate of drug-likeness (QED) is 0.647. The predicted octanol–water partition coefficient (Wildman–Crippen LogP) is 1.78. The van der Waals surface area contributed by atoms with Crippen LogP contribution in [0.2, 0.25) is 0 Å². The number of para-hydroxylation sites is 2. The summed E-state index contributed by atoms with van der Waals surface area (Å²) in [6.45, 7) is 3.08. The van der Waals surface area contributed by atoms with Gasteiger partial charge in [0.05, 0.1) is 11.8 Å². The molecule has 7 nitrogen and oxygen atoms in total. The molecule has 1 aromatic rings. The highest BCUT2D eigenvalue weighted by Crippen LogP contribution is 2.51. The summed E-state index contributed by atoms with van der Waals surface area (Å²) in [6.07, 6.45) is -0.0210. The maximum atomic E-state index is 11.5. The molecule has 8 heteroatoms. The number of nitrogens with zero attached hydrogens (tertiary/aromatic N) is 1. The van der Waals surface area contributed by atoms with Gasteiger partial charge in [0.15, 0.2) is 16.2 Å². The maximum absolute atomic E-state index is 11.5. The molecule has 3 atom stereocenters. The standard InChI is InChI=1S/C10H14N2O4S.C6H4O/c1-3-10(9(15)16)8(11-5(2)13)12-6(14)4-7(12)17-10;1-2-4-6-5(3-1)7-6/h7-8H,3-4H2,1-2H3,(H,11,13)(H,15,16);1-4H/t7-,8?,10?;/m1./s1. The number of aliphatic carboxylic acids is 1. The van der Waals surface area contributed by atoms with E-state index in [9.17, 15) is 19.5 Å². The lowest BCUT2D eigenvalue weighted by molar-refractivity contribution is -0.150. The van der Waals surface area contributed by atoms with E-state index in [4.69, 9.17) is 4.74 Å². The van der Waals surface area contributed by atoms with Gasteiger partial charge in [-0.1, -0.05) is 19.1 Å². The highest BCUT2D eigenvalue weighted by molar-refractivity contribution is 8.02. The Labute approximate surface area is 143 Å². The molecule has 0 aliphatic carbocycles. The molecule has 2 saturated heterocycles. The van der Waals surface area contributed by atoms with Crippen molar-refractivity contribution in [2.75, 3.05) is 0 Å². The molecule has 3 aliphatic heterocycles. The Balaban J connectivity index is 0.000000198. The van der Waals surface area contributed by atoms with Gasteiger partial charge in [0.2, 0.25) is 11.8 Å². The van der Waals surface area contributed by atoms with Gasteiger partial charge in [-0.05, 0) is 18.6 Å². The van der Waals surface area contributed by atoms with E-state index in [0.717, 1.165) is 11.5 Å². The fraction of sp³-hybridized carbons (Fsp3) is 0.438. The van der Waals surface area contributed by atoms with Crippen LogP contribution in [0.3, 0.4) is 0 Å². The Hall–Kier alpha value is -2.22. The number of amides is 2. The number of nitrogens with one attached hydrogen (secondary N) is 1. The number of ether oxygens (including phenoxy) is 1. The monoisotopic (exact) mass is 350 g/mol. The first-order chi connectivity index (χ1) is 11.4. The number of carbonyl (C=O) groups excluding carboxylic acids is 2. The van der Waals surface area contributed by atoms with Crippen LogP contribution >= 0.6 is 11.8 Å². The molecule has 0 saturated carbocycles. The smallest absolute Gasteiger partial charge is 0.323 e. The zero-order valence-electron chi connectivity index (χ0n) is 13.3. The van der Waals surface area contributed by atoms with Crippen LogP contribution < -0.4 is 10.1 Å². The third kappa shape index (κ3) is 2.71. The summed E-state index contributed by atoms with van der Waals surface area (Å²) >= 11 is 1.26. The summed E-state index contributed by atoms with van der Waals surface area (Å²) in [5.41, 5.74) is 0. The molecule has 2 unspecified atom stereocenters. The second-order valence-corrected chi connectivity index (χ2v) is 7.29. The molecular weight excluding hydrogens is 332 g/mol. The number of thioether (sulfide) groups is 1. The number of carboxylic acid groups (broad SMARTS) is 1. The number of β-lactam (4-membered cyclic amide) rings is 1. The second kappa shape index (κ2) is 6.01. The van der Waals surface area contributed by atoms with Crippen molar-refractivity contribution >= 4 is 29.5 Å². The van der Waals surface area contributed by atoms with E-state index in [1.165, 1.54) is 23.6 Å². The maximum Gasteiger partial charge on any atom is 0.323 e. The van der Waals surface area contributed by atoms with Crippen molar-refractivity contribution in [3.05, 3.63) is 24.3 Å². The van der Waals surface area contributed by atoms with Gasteiger partial charge in [-0.2, -0.15) is 0 Å². The normalized spacial score (nSPS) is 28.4. The highest BCUT2D eigenvalue weighted by Gasteiger charge is 2.63. The zero-order chi connectivity index (χ0) is 17.5. The van der Waals surface area contributed by atoms with Crippen molar-refractivity contribution in [3.63, 3.8) is 0 Å². The first-order valence-electron chi connectivity index (χ1n) is 7.65. The van der Waals surface area contributed by atoms with Crippen LogP contribution in [0.15, 0.2) is 24.3 Å². The molecule has 4 rings (SSSR count). The number of hydrogen-bond donors (Lipinski definition) is 2. The third-order valence-electron chi connectivity index (χ3n) is 4.27. The molecule has 128 valence electrons. The fourth-order valence-electron chi connectivity index (χ4n) is 2.93. The molecule has 0 aromatic heterocycles. The van der Waals surface area contributed by atoms with Crippen LogP contribution in [-0.2, 0) is 14.4 Å². The van der Waals surface area contributed by atoms with Crippen LogP contribution in [0.1, 0.15) is 26.7 Å². The number of carbonyl (C=O) groups is 3. The summed E-state index contributed by atoms with van der Waals surface area (Å²) in [5.74, 6) is 0.656. The molecule has 2 N–H and O–H groups in total. The Morgan fingerprint density at radius 1 is 1.42 bits per heavy atom. The minimum absolute atomic E-state index is 0.0992. The van der Waals surface area contributed by atoms with Crippen molar-refractivity contribution in [3.8, 4) is 11.5 Å². The zero-order valence-corrected chi connectivity index (χ0v) is 14.1. The average molecular weight is 350 g/mol. The number of benzene rings is 1. The van der Waals surface area contributed by atoms with Gasteiger partial charge < -0.3 is 20.1 Å². The van der Waals surface area contributed by atoms with Gasteiger partial charge >= 0.3 is 5.97 Å². The van der Waals surface area contributed by atoms with Crippen LogP contribution in [0, 0.1) is 0 Å². The number of rotatable bonds is 3. The van der Waals surface area contributed by atoms with Gasteiger partial charge in [-0.15, -0.1) is 11.8 Å². The third-order valence-corrected chi connectivity index (χ3v) is 6.04. The molecule has 0 spiro atoms. The van der Waals surface area contributed by atoms with E-state index in [1.54, 1.807) is 6.92 Å². The highest BCUT2D eigenvalue weighted by atomic mass is 32.2. The molecule has 0 radical (unpaired) electrons. The summed E-state index contributed by atoms with van der Waals surface area (Å²) < 4.78 is 3.81. The SMILES string of the molecule is CCC1(C(=O)O)S[C@@H]2CC(=O)N2C1NC(C)=O.c1ccc2c(c1)O2. The van der Waals surface area contributed by atoms with E-state index in [-0.39, 0.29) is 17.2 Å². The second-order valence-electron chi connectivity index (χ2n) is 5.78. The number of fused-ring (bicyclic) bond motifs is 2. The van der Waals surface area contributed by atoms with Crippen LogP contribution in [-0.4, -0.2) is 44.1 Å². The van der Waals surface area contributed by atoms with Gasteiger partial charge in [0, 0.05) is 6.92 Å². The van der Waals surface area contributed by atoms with Crippen molar-refractivity contribution in [2.24, 2.45) is 0 Å². The lowest BCUT2D eigenvalue weighted by Gasteiger charge is -2.39.